The Morgan fingerprint density at radius 1 is 0.725 bits per heavy atom. The lowest BCUT2D eigenvalue weighted by Crippen LogP contribution is -2.53. The average Bonchev–Trinajstić information content (AvgIpc) is 2.86. The molecular formula is C33H64FNO4Si. The largest absolute Gasteiger partial charge is 0.378 e. The number of hydrogen-bond donors (Lipinski definition) is 1. The minimum absolute atomic E-state index is 0.0972. The molecule has 2 rings (SSSR count). The van der Waals surface area contributed by atoms with Gasteiger partial charge in [-0.3, -0.25) is 5.32 Å². The van der Waals surface area contributed by atoms with E-state index in [1.54, 1.807) is 0 Å². The monoisotopic (exact) mass is 584 g/mol. The molecule has 236 valence electrons. The minimum Gasteiger partial charge on any atom is -0.378 e. The molecule has 0 heterocycles. The first-order chi connectivity index (χ1) is 18.8. The first-order valence-corrected chi connectivity index (χ1v) is 18.1. The summed E-state index contributed by atoms with van der Waals surface area (Å²) in [6.07, 6.45) is 15.1. The topological polar surface area (TPSA) is 49.0 Å². The fourth-order valence-electron chi connectivity index (χ4n) is 7.22. The summed E-state index contributed by atoms with van der Waals surface area (Å²) >= 11 is 0. The molecule has 1 saturated carbocycles. The highest BCUT2D eigenvalue weighted by Gasteiger charge is 2.60. The van der Waals surface area contributed by atoms with Crippen LogP contribution < -0.4 is 5.32 Å². The SMILES string of the molecule is CC(C)(COCCOCCOCNCCO[C@H]1CC/C=C/CCC1)C1CCC([Si]([18F])(C(C)(C)C)C(C)(C)C)CC1. The lowest BCUT2D eigenvalue weighted by Gasteiger charge is -2.52. The van der Waals surface area contributed by atoms with Crippen molar-refractivity contribution in [1.29, 1.82) is 0 Å². The van der Waals surface area contributed by atoms with Crippen molar-refractivity contribution >= 4 is 8.41 Å². The van der Waals surface area contributed by atoms with Crippen molar-refractivity contribution in [2.24, 2.45) is 11.3 Å². The highest BCUT2D eigenvalue weighted by molar-refractivity contribution is 6.80. The van der Waals surface area contributed by atoms with Crippen LogP contribution in [0.2, 0.25) is 15.6 Å². The predicted octanol–water partition coefficient (Wildman–Crippen LogP) is 8.59. The van der Waals surface area contributed by atoms with Crippen molar-refractivity contribution in [2.75, 3.05) is 52.9 Å². The molecule has 0 aromatic heterocycles. The summed E-state index contributed by atoms with van der Waals surface area (Å²) < 4.78 is 40.1. The molecule has 1 fully saturated rings. The van der Waals surface area contributed by atoms with Gasteiger partial charge in [0.05, 0.1) is 52.5 Å². The normalized spacial score (nSPS) is 24.5. The van der Waals surface area contributed by atoms with Crippen LogP contribution in [0.1, 0.15) is 113 Å². The van der Waals surface area contributed by atoms with E-state index in [0.717, 1.165) is 64.7 Å². The van der Waals surface area contributed by atoms with Crippen molar-refractivity contribution in [3.63, 3.8) is 0 Å². The molecule has 0 aromatic rings. The lowest BCUT2D eigenvalue weighted by molar-refractivity contribution is -0.0228. The van der Waals surface area contributed by atoms with Crippen LogP contribution in [0.3, 0.4) is 0 Å². The maximum Gasteiger partial charge on any atom is 0.260 e. The van der Waals surface area contributed by atoms with E-state index < -0.39 is 8.41 Å². The summed E-state index contributed by atoms with van der Waals surface area (Å²) in [5, 5.41) is 2.81. The molecular weight excluding hydrogens is 520 g/mol. The Morgan fingerprint density at radius 3 is 1.98 bits per heavy atom. The van der Waals surface area contributed by atoms with Crippen molar-refractivity contribution < 1.29 is 23.1 Å². The summed E-state index contributed by atoms with van der Waals surface area (Å²) in [4.78, 5) is 0. The van der Waals surface area contributed by atoms with Gasteiger partial charge in [0.25, 0.3) is 8.41 Å². The zero-order chi connectivity index (χ0) is 29.7. The van der Waals surface area contributed by atoms with Crippen molar-refractivity contribution in [2.45, 2.75) is 135 Å². The molecule has 0 aliphatic heterocycles. The summed E-state index contributed by atoms with van der Waals surface area (Å²) in [5.41, 5.74) is 0.355. The molecule has 7 heteroatoms. The highest BCUT2D eigenvalue weighted by Crippen LogP contribution is 2.61. The van der Waals surface area contributed by atoms with Gasteiger partial charge in [0.15, 0.2) is 0 Å². The van der Waals surface area contributed by atoms with Crippen LogP contribution in [0.15, 0.2) is 12.2 Å². The Bertz CT molecular complexity index is 696. The van der Waals surface area contributed by atoms with Crippen molar-refractivity contribution in [1.82, 2.24) is 5.32 Å². The standard InChI is InChI=1S/C33H64FNO4Si/c1-31(2,3)40(34,32(4,5)6)30-18-16-28(17-19-30)33(7,8)26-37-24-22-36-23-25-38-27-35-20-21-39-29-14-12-10-9-11-13-15-29/h9-10,28-30,35H,11-27H2,1-8H3/b10-9+/t28?,29-,30?/m0/s1/i34-1. The zero-order valence-corrected chi connectivity index (χ0v) is 28.4. The van der Waals surface area contributed by atoms with Crippen LogP contribution in [0, 0.1) is 11.3 Å². The number of hydrogen-bond acceptors (Lipinski definition) is 5. The number of ether oxygens (including phenoxy) is 4. The molecule has 1 N–H and O–H groups in total. The van der Waals surface area contributed by atoms with Gasteiger partial charge in [-0.1, -0.05) is 80.4 Å². The maximum atomic E-state index is 16.8. The second kappa shape index (κ2) is 17.1. The number of halogens is 1. The molecule has 0 spiro atoms. The molecule has 2 aliphatic rings. The molecule has 0 unspecified atom stereocenters. The van der Waals surface area contributed by atoms with Gasteiger partial charge < -0.3 is 23.1 Å². The van der Waals surface area contributed by atoms with Gasteiger partial charge >= 0.3 is 0 Å². The maximum absolute atomic E-state index is 16.8. The van der Waals surface area contributed by atoms with Gasteiger partial charge in [0, 0.05) is 6.54 Å². The predicted molar refractivity (Wildman–Crippen MR) is 168 cm³/mol. The molecule has 2 aliphatic carbocycles. The molecule has 0 bridgehead atoms. The highest BCUT2D eigenvalue weighted by atomic mass is 28.4. The second-order valence-corrected chi connectivity index (χ2v) is 20.2. The van der Waals surface area contributed by atoms with E-state index in [9.17, 15) is 0 Å². The van der Waals surface area contributed by atoms with E-state index in [1.165, 1.54) is 12.8 Å². The number of allylic oxidation sites excluding steroid dienone is 2. The van der Waals surface area contributed by atoms with E-state index in [0.29, 0.717) is 45.2 Å². The number of rotatable bonds is 16. The van der Waals surface area contributed by atoms with Crippen molar-refractivity contribution in [3.05, 3.63) is 12.2 Å². The smallest absolute Gasteiger partial charge is 0.260 e. The van der Waals surface area contributed by atoms with Gasteiger partial charge in [-0.2, -0.15) is 0 Å². The van der Waals surface area contributed by atoms with E-state index in [2.05, 4.69) is 72.9 Å². The first kappa shape index (κ1) is 35.9. The molecule has 0 amide bonds. The Balaban J connectivity index is 1.50. The van der Waals surface area contributed by atoms with Crippen LogP contribution >= 0.6 is 0 Å². The average molecular weight is 585 g/mol. The molecule has 40 heavy (non-hydrogen) atoms. The quantitative estimate of drug-likeness (QED) is 0.0647. The number of nitrogens with one attached hydrogen (secondary N) is 1. The van der Waals surface area contributed by atoms with E-state index >= 15 is 4.11 Å². The Kier molecular flexibility index (Phi) is 15.3. The summed E-state index contributed by atoms with van der Waals surface area (Å²) in [5.74, 6) is 0.586. The summed E-state index contributed by atoms with van der Waals surface area (Å²) in [6.45, 7) is 22.5. The van der Waals surface area contributed by atoms with Crippen LogP contribution in [0.25, 0.3) is 0 Å². The third kappa shape index (κ3) is 11.4. The Labute approximate surface area is 247 Å². The Hall–Kier alpha value is -0.313. The molecule has 0 saturated heterocycles. The van der Waals surface area contributed by atoms with Gasteiger partial charge in [0.2, 0.25) is 0 Å². The minimum atomic E-state index is -2.98. The van der Waals surface area contributed by atoms with Crippen molar-refractivity contribution in [3.8, 4) is 0 Å². The fraction of sp³-hybridized carbons (Fsp3) is 0.939. The first-order valence-electron chi connectivity index (χ1n) is 16.2. The third-order valence-electron chi connectivity index (χ3n) is 9.35. The van der Waals surface area contributed by atoms with Crippen LogP contribution in [0.4, 0.5) is 4.11 Å². The van der Waals surface area contributed by atoms with E-state index in [1.807, 2.05) is 0 Å². The zero-order valence-electron chi connectivity index (χ0n) is 27.4. The molecule has 0 aromatic carbocycles. The Morgan fingerprint density at radius 2 is 1.32 bits per heavy atom. The lowest BCUT2D eigenvalue weighted by atomic mass is 9.71. The molecule has 5 nitrogen and oxygen atoms in total. The third-order valence-corrected chi connectivity index (χ3v) is 15.4. The molecule has 0 radical (unpaired) electrons. The van der Waals surface area contributed by atoms with E-state index in [4.69, 9.17) is 18.9 Å². The van der Waals surface area contributed by atoms with Gasteiger partial charge in [-0.15, -0.1) is 0 Å². The summed E-state index contributed by atoms with van der Waals surface area (Å²) in [7, 11) is -2.98. The molecule has 1 atom stereocenters. The summed E-state index contributed by atoms with van der Waals surface area (Å²) in [6, 6.07) is 0. The van der Waals surface area contributed by atoms with Crippen LogP contribution in [-0.4, -0.2) is 67.4 Å². The second-order valence-electron chi connectivity index (χ2n) is 14.9. The van der Waals surface area contributed by atoms with E-state index in [-0.39, 0.29) is 21.0 Å². The fourth-order valence-corrected chi connectivity index (χ4v) is 13.0. The van der Waals surface area contributed by atoms with Gasteiger partial charge in [-0.25, -0.2) is 0 Å². The van der Waals surface area contributed by atoms with Crippen LogP contribution in [-0.2, 0) is 18.9 Å². The van der Waals surface area contributed by atoms with Gasteiger partial charge in [-0.05, 0) is 71.9 Å². The van der Waals surface area contributed by atoms with Gasteiger partial charge in [0.1, 0.15) is 0 Å². The van der Waals surface area contributed by atoms with Crippen LogP contribution in [0.5, 0.6) is 0 Å².